The van der Waals surface area contributed by atoms with Crippen molar-refractivity contribution in [2.75, 3.05) is 26.7 Å². The van der Waals surface area contributed by atoms with Crippen molar-refractivity contribution in [2.45, 2.75) is 6.04 Å². The van der Waals surface area contributed by atoms with E-state index in [1.54, 1.807) is 12.1 Å². The summed E-state index contributed by atoms with van der Waals surface area (Å²) < 4.78 is 18.5. The van der Waals surface area contributed by atoms with E-state index in [0.29, 0.717) is 18.9 Å². The Morgan fingerprint density at radius 2 is 1.48 bits per heavy atom. The highest BCUT2D eigenvalue weighted by molar-refractivity contribution is 5.79. The second-order valence-electron chi connectivity index (χ2n) is 6.86. The van der Waals surface area contributed by atoms with Gasteiger partial charge in [-0.2, -0.15) is 0 Å². The van der Waals surface area contributed by atoms with Crippen LogP contribution in [-0.4, -0.2) is 37.6 Å². The average molecular weight is 392 g/mol. The van der Waals surface area contributed by atoms with Crippen LogP contribution in [-0.2, 0) is 4.79 Å². The van der Waals surface area contributed by atoms with Crippen LogP contribution in [0.4, 0.5) is 4.39 Å². The lowest BCUT2D eigenvalue weighted by molar-refractivity contribution is -0.122. The Labute approximate surface area is 170 Å². The Morgan fingerprint density at radius 3 is 2.03 bits per heavy atom. The van der Waals surface area contributed by atoms with E-state index >= 15 is 0 Å². The molecule has 4 nitrogen and oxygen atoms in total. The fraction of sp³-hybridized carbons (Fsp3) is 0.208. The van der Waals surface area contributed by atoms with Gasteiger partial charge in [0.05, 0.1) is 12.6 Å². The van der Waals surface area contributed by atoms with Gasteiger partial charge in [0.25, 0.3) is 0 Å². The molecular formula is C24H25FN2O2. The summed E-state index contributed by atoms with van der Waals surface area (Å²) in [7, 11) is 1.87. The minimum Gasteiger partial charge on any atom is -0.492 e. The van der Waals surface area contributed by atoms with Crippen molar-refractivity contribution in [1.82, 2.24) is 10.2 Å². The summed E-state index contributed by atoms with van der Waals surface area (Å²) in [6, 6.07) is 25.5. The van der Waals surface area contributed by atoms with Gasteiger partial charge in [0, 0.05) is 6.54 Å². The van der Waals surface area contributed by atoms with Gasteiger partial charge < -0.3 is 10.1 Å². The highest BCUT2D eigenvalue weighted by Crippen LogP contribution is 2.21. The van der Waals surface area contributed by atoms with Crippen LogP contribution in [0.2, 0.25) is 0 Å². The molecule has 150 valence electrons. The molecule has 0 atom stereocenters. The second kappa shape index (κ2) is 10.4. The van der Waals surface area contributed by atoms with E-state index < -0.39 is 0 Å². The van der Waals surface area contributed by atoms with Gasteiger partial charge in [-0.3, -0.25) is 9.69 Å². The van der Waals surface area contributed by atoms with Gasteiger partial charge in [-0.25, -0.2) is 4.39 Å². The van der Waals surface area contributed by atoms with Gasteiger partial charge in [-0.1, -0.05) is 60.7 Å². The summed E-state index contributed by atoms with van der Waals surface area (Å²) in [6.45, 7) is 1.24. The van der Waals surface area contributed by atoms with Crippen molar-refractivity contribution in [3.05, 3.63) is 102 Å². The molecule has 3 rings (SSSR count). The molecule has 0 unspecified atom stereocenters. The van der Waals surface area contributed by atoms with Gasteiger partial charge >= 0.3 is 0 Å². The van der Waals surface area contributed by atoms with E-state index in [2.05, 4.69) is 5.32 Å². The zero-order chi connectivity index (χ0) is 20.5. The Hall–Kier alpha value is -3.18. The molecule has 5 heteroatoms. The van der Waals surface area contributed by atoms with Gasteiger partial charge in [-0.05, 0) is 42.4 Å². The van der Waals surface area contributed by atoms with E-state index in [-0.39, 0.29) is 24.3 Å². The molecule has 0 fully saturated rings. The Bertz CT molecular complexity index is 846. The number of benzene rings is 3. The number of hydrogen-bond donors (Lipinski definition) is 1. The van der Waals surface area contributed by atoms with Gasteiger partial charge in [0.2, 0.25) is 5.91 Å². The van der Waals surface area contributed by atoms with Gasteiger partial charge in [0.15, 0.2) is 0 Å². The van der Waals surface area contributed by atoms with Crippen LogP contribution in [0.1, 0.15) is 17.2 Å². The fourth-order valence-corrected chi connectivity index (χ4v) is 3.03. The molecular weight excluding hydrogens is 367 g/mol. The average Bonchev–Trinajstić information content (AvgIpc) is 2.75. The minimum atomic E-state index is -0.294. The van der Waals surface area contributed by atoms with Crippen molar-refractivity contribution in [3.8, 4) is 5.75 Å². The monoisotopic (exact) mass is 392 g/mol. The third kappa shape index (κ3) is 6.43. The molecule has 0 saturated carbocycles. The van der Waals surface area contributed by atoms with E-state index in [0.717, 1.165) is 11.1 Å². The van der Waals surface area contributed by atoms with Gasteiger partial charge in [0.1, 0.15) is 18.2 Å². The molecule has 0 aliphatic heterocycles. The van der Waals surface area contributed by atoms with Gasteiger partial charge in [-0.15, -0.1) is 0 Å². The molecule has 1 N–H and O–H groups in total. The number of amides is 1. The lowest BCUT2D eigenvalue weighted by atomic mass is 9.99. The van der Waals surface area contributed by atoms with Crippen molar-refractivity contribution in [1.29, 1.82) is 0 Å². The lowest BCUT2D eigenvalue weighted by Gasteiger charge is -2.22. The van der Waals surface area contributed by atoms with Crippen molar-refractivity contribution in [2.24, 2.45) is 0 Å². The summed E-state index contributed by atoms with van der Waals surface area (Å²) in [5, 5.41) is 3.13. The number of rotatable bonds is 9. The predicted molar refractivity (Wildman–Crippen MR) is 112 cm³/mol. The van der Waals surface area contributed by atoms with Crippen LogP contribution in [0.25, 0.3) is 0 Å². The Morgan fingerprint density at radius 1 is 0.931 bits per heavy atom. The minimum absolute atomic E-state index is 0.0630. The largest absolute Gasteiger partial charge is 0.492 e. The fourth-order valence-electron chi connectivity index (χ4n) is 3.03. The first-order chi connectivity index (χ1) is 14.1. The normalized spacial score (nSPS) is 10.9. The molecule has 0 saturated heterocycles. The number of likely N-dealkylation sites (N-methyl/N-ethyl adjacent to an activating group) is 1. The van der Waals surface area contributed by atoms with Crippen LogP contribution >= 0.6 is 0 Å². The second-order valence-corrected chi connectivity index (χ2v) is 6.86. The molecule has 0 radical (unpaired) electrons. The molecule has 0 aromatic heterocycles. The zero-order valence-electron chi connectivity index (χ0n) is 16.4. The molecule has 0 aliphatic rings. The van der Waals surface area contributed by atoms with Crippen molar-refractivity contribution >= 4 is 5.91 Å². The number of carbonyl (C=O) groups is 1. The van der Waals surface area contributed by atoms with E-state index in [1.807, 2.05) is 72.6 Å². The molecule has 0 spiro atoms. The molecule has 3 aromatic rings. The zero-order valence-corrected chi connectivity index (χ0v) is 16.4. The summed E-state index contributed by atoms with van der Waals surface area (Å²) in [5.41, 5.74) is 2.07. The molecule has 29 heavy (non-hydrogen) atoms. The number of nitrogens with one attached hydrogen (secondary N) is 1. The summed E-state index contributed by atoms with van der Waals surface area (Å²) in [6.07, 6.45) is 0. The first-order valence-corrected chi connectivity index (χ1v) is 9.58. The number of hydrogen-bond acceptors (Lipinski definition) is 3. The Balaban J connectivity index is 1.53. The standard InChI is InChI=1S/C24H25FN2O2/c1-27(16-17-29-22-14-12-21(25)13-15-22)18-23(28)26-24(19-8-4-2-5-9-19)20-10-6-3-7-11-20/h2-15,24H,16-18H2,1H3,(H,26,28). The molecule has 0 bridgehead atoms. The molecule has 0 heterocycles. The first kappa shape index (κ1) is 20.6. The maximum Gasteiger partial charge on any atom is 0.234 e. The third-order valence-corrected chi connectivity index (χ3v) is 4.54. The quantitative estimate of drug-likeness (QED) is 0.598. The van der Waals surface area contributed by atoms with Crippen LogP contribution in [0, 0.1) is 5.82 Å². The smallest absolute Gasteiger partial charge is 0.234 e. The summed E-state index contributed by atoms with van der Waals surface area (Å²) in [5.74, 6) is 0.252. The third-order valence-electron chi connectivity index (χ3n) is 4.54. The highest BCUT2D eigenvalue weighted by Gasteiger charge is 2.17. The molecule has 3 aromatic carbocycles. The van der Waals surface area contributed by atoms with E-state index in [4.69, 9.17) is 4.74 Å². The number of nitrogens with zero attached hydrogens (tertiary/aromatic N) is 1. The van der Waals surface area contributed by atoms with Crippen molar-refractivity contribution < 1.29 is 13.9 Å². The SMILES string of the molecule is CN(CCOc1ccc(F)cc1)CC(=O)NC(c1ccccc1)c1ccccc1. The summed E-state index contributed by atoms with van der Waals surface area (Å²) in [4.78, 5) is 14.5. The molecule has 0 aliphatic carbocycles. The summed E-state index contributed by atoms with van der Waals surface area (Å²) >= 11 is 0. The predicted octanol–water partition coefficient (Wildman–Crippen LogP) is 4.04. The Kier molecular flexibility index (Phi) is 7.36. The van der Waals surface area contributed by atoms with Crippen LogP contribution in [0.3, 0.4) is 0 Å². The highest BCUT2D eigenvalue weighted by atomic mass is 19.1. The van der Waals surface area contributed by atoms with Crippen LogP contribution in [0.5, 0.6) is 5.75 Å². The van der Waals surface area contributed by atoms with Crippen LogP contribution < -0.4 is 10.1 Å². The number of ether oxygens (including phenoxy) is 1. The topological polar surface area (TPSA) is 41.6 Å². The lowest BCUT2D eigenvalue weighted by Crippen LogP contribution is -2.39. The maximum absolute atomic E-state index is 12.9. The van der Waals surface area contributed by atoms with E-state index in [9.17, 15) is 9.18 Å². The molecule has 1 amide bonds. The number of carbonyl (C=O) groups excluding carboxylic acids is 1. The van der Waals surface area contributed by atoms with Crippen LogP contribution in [0.15, 0.2) is 84.9 Å². The number of halogens is 1. The maximum atomic E-state index is 12.9. The first-order valence-electron chi connectivity index (χ1n) is 9.58. The van der Waals surface area contributed by atoms with E-state index in [1.165, 1.54) is 12.1 Å². The van der Waals surface area contributed by atoms with Crippen molar-refractivity contribution in [3.63, 3.8) is 0 Å².